The van der Waals surface area contributed by atoms with Crippen LogP contribution in [0, 0.1) is 0 Å². The average Bonchev–Trinajstić information content (AvgIpc) is 3.08. The quantitative estimate of drug-likeness (QED) is 0.727. The van der Waals surface area contributed by atoms with Gasteiger partial charge in [0.25, 0.3) is 0 Å². The van der Waals surface area contributed by atoms with E-state index in [1.165, 1.54) is 11.1 Å². The van der Waals surface area contributed by atoms with Crippen LogP contribution >= 0.6 is 0 Å². The average molecular weight is 318 g/mol. The minimum atomic E-state index is 0.718. The molecule has 4 nitrogen and oxygen atoms in total. The minimum absolute atomic E-state index is 0.718. The maximum Gasteiger partial charge on any atom is 0.161 e. The standard InChI is InChI=1S/C20H18N2O2/c1-23-19-9-16-12-21-11-15(17(16)10-20(19)24-2)7-13-3-4-14-5-6-22-18(14)8-13/h3-4,6,8-12H,5,7H2,1-2H3. The maximum atomic E-state index is 5.45. The van der Waals surface area contributed by atoms with Crippen molar-refractivity contribution >= 4 is 22.7 Å². The van der Waals surface area contributed by atoms with Crippen LogP contribution in [0.25, 0.3) is 10.8 Å². The van der Waals surface area contributed by atoms with Crippen LogP contribution in [0.3, 0.4) is 0 Å². The molecule has 2 heterocycles. The molecule has 0 saturated heterocycles. The molecular formula is C20H18N2O2. The minimum Gasteiger partial charge on any atom is -0.493 e. The summed E-state index contributed by atoms with van der Waals surface area (Å²) >= 11 is 0. The SMILES string of the molecule is COc1cc2cncc(Cc3ccc4c(c3)N=CC4)c2cc1OC. The molecule has 0 saturated carbocycles. The molecule has 0 aliphatic carbocycles. The Balaban J connectivity index is 1.77. The first kappa shape index (κ1) is 14.7. The highest BCUT2D eigenvalue weighted by Gasteiger charge is 2.11. The molecule has 3 aromatic rings. The Kier molecular flexibility index (Phi) is 3.65. The molecule has 0 amide bonds. The summed E-state index contributed by atoms with van der Waals surface area (Å²) in [5.74, 6) is 1.45. The van der Waals surface area contributed by atoms with Gasteiger partial charge in [-0.15, -0.1) is 0 Å². The van der Waals surface area contributed by atoms with Gasteiger partial charge in [-0.2, -0.15) is 0 Å². The van der Waals surface area contributed by atoms with Crippen LogP contribution in [0.15, 0.2) is 47.7 Å². The van der Waals surface area contributed by atoms with E-state index < -0.39 is 0 Å². The Morgan fingerprint density at radius 3 is 2.67 bits per heavy atom. The Hall–Kier alpha value is -2.88. The topological polar surface area (TPSA) is 43.7 Å². The molecule has 0 N–H and O–H groups in total. The predicted molar refractivity (Wildman–Crippen MR) is 96.0 cm³/mol. The van der Waals surface area contributed by atoms with Gasteiger partial charge in [-0.1, -0.05) is 12.1 Å². The van der Waals surface area contributed by atoms with Crippen molar-refractivity contribution in [2.75, 3.05) is 14.2 Å². The van der Waals surface area contributed by atoms with Gasteiger partial charge in [0.15, 0.2) is 11.5 Å². The van der Waals surface area contributed by atoms with Gasteiger partial charge in [0, 0.05) is 30.4 Å². The molecule has 1 aliphatic heterocycles. The molecule has 4 heteroatoms. The first-order valence-corrected chi connectivity index (χ1v) is 7.91. The van der Waals surface area contributed by atoms with Crippen molar-refractivity contribution < 1.29 is 9.47 Å². The maximum absolute atomic E-state index is 5.45. The molecule has 1 aliphatic rings. The van der Waals surface area contributed by atoms with Crippen molar-refractivity contribution in [3.8, 4) is 11.5 Å². The Morgan fingerprint density at radius 2 is 1.83 bits per heavy atom. The van der Waals surface area contributed by atoms with Crippen LogP contribution in [0.5, 0.6) is 11.5 Å². The monoisotopic (exact) mass is 318 g/mol. The lowest BCUT2D eigenvalue weighted by Crippen LogP contribution is -1.95. The summed E-state index contributed by atoms with van der Waals surface area (Å²) in [5, 5.41) is 2.18. The van der Waals surface area contributed by atoms with E-state index in [9.17, 15) is 0 Å². The molecule has 2 aromatic carbocycles. The van der Waals surface area contributed by atoms with Gasteiger partial charge in [-0.3, -0.25) is 9.98 Å². The Labute approximate surface area is 140 Å². The molecule has 0 radical (unpaired) electrons. The Bertz CT molecular complexity index is 948. The van der Waals surface area contributed by atoms with Gasteiger partial charge in [-0.25, -0.2) is 0 Å². The smallest absolute Gasteiger partial charge is 0.161 e. The van der Waals surface area contributed by atoms with Gasteiger partial charge in [0.1, 0.15) is 0 Å². The lowest BCUT2D eigenvalue weighted by atomic mass is 9.99. The highest BCUT2D eigenvalue weighted by Crippen LogP contribution is 2.34. The summed E-state index contributed by atoms with van der Waals surface area (Å²) < 4.78 is 10.8. The molecule has 24 heavy (non-hydrogen) atoms. The van der Waals surface area contributed by atoms with Crippen molar-refractivity contribution in [3.63, 3.8) is 0 Å². The summed E-state index contributed by atoms with van der Waals surface area (Å²) in [4.78, 5) is 8.82. The van der Waals surface area contributed by atoms with Crippen LogP contribution < -0.4 is 9.47 Å². The van der Waals surface area contributed by atoms with E-state index in [2.05, 4.69) is 28.2 Å². The molecule has 4 rings (SSSR count). The number of aliphatic imine (C=N–C) groups is 1. The fourth-order valence-electron chi connectivity index (χ4n) is 3.17. The molecular weight excluding hydrogens is 300 g/mol. The van der Waals surface area contributed by atoms with Gasteiger partial charge < -0.3 is 9.47 Å². The van der Waals surface area contributed by atoms with E-state index in [4.69, 9.17) is 9.47 Å². The first-order valence-electron chi connectivity index (χ1n) is 7.91. The van der Waals surface area contributed by atoms with Gasteiger partial charge >= 0.3 is 0 Å². The van der Waals surface area contributed by atoms with Crippen molar-refractivity contribution in [2.45, 2.75) is 12.8 Å². The number of rotatable bonds is 4. The number of methoxy groups -OCH3 is 2. The third-order valence-electron chi connectivity index (χ3n) is 4.43. The van der Waals surface area contributed by atoms with E-state index >= 15 is 0 Å². The largest absolute Gasteiger partial charge is 0.493 e. The molecule has 120 valence electrons. The number of hydrogen-bond acceptors (Lipinski definition) is 4. The second-order valence-corrected chi connectivity index (χ2v) is 5.88. The van der Waals surface area contributed by atoms with Crippen LogP contribution in [0.4, 0.5) is 5.69 Å². The van der Waals surface area contributed by atoms with E-state index in [0.29, 0.717) is 0 Å². The Morgan fingerprint density at radius 1 is 1.00 bits per heavy atom. The summed E-state index contributed by atoms with van der Waals surface area (Å²) in [6, 6.07) is 10.5. The molecule has 0 fully saturated rings. The molecule has 1 aromatic heterocycles. The van der Waals surface area contributed by atoms with Crippen LogP contribution in [0.2, 0.25) is 0 Å². The third kappa shape index (κ3) is 2.50. The van der Waals surface area contributed by atoms with Gasteiger partial charge in [-0.05, 0) is 46.7 Å². The number of fused-ring (bicyclic) bond motifs is 2. The zero-order chi connectivity index (χ0) is 16.5. The second-order valence-electron chi connectivity index (χ2n) is 5.88. The van der Waals surface area contributed by atoms with Gasteiger partial charge in [0.2, 0.25) is 0 Å². The number of nitrogens with zero attached hydrogens (tertiary/aromatic N) is 2. The third-order valence-corrected chi connectivity index (χ3v) is 4.43. The first-order chi connectivity index (χ1) is 11.8. The molecule has 0 bridgehead atoms. The molecule has 0 atom stereocenters. The predicted octanol–water partition coefficient (Wildman–Crippen LogP) is 4.10. The highest BCUT2D eigenvalue weighted by molar-refractivity contribution is 5.88. The number of pyridine rings is 1. The van der Waals surface area contributed by atoms with Crippen LogP contribution in [-0.2, 0) is 12.8 Å². The number of aromatic nitrogens is 1. The summed E-state index contributed by atoms with van der Waals surface area (Å²) in [7, 11) is 3.30. The molecule has 0 spiro atoms. The fourth-order valence-corrected chi connectivity index (χ4v) is 3.17. The number of ether oxygens (including phenoxy) is 2. The van der Waals surface area contributed by atoms with Crippen LogP contribution in [0.1, 0.15) is 16.7 Å². The van der Waals surface area contributed by atoms with Crippen molar-refractivity contribution in [1.29, 1.82) is 0 Å². The summed E-state index contributed by atoms with van der Waals surface area (Å²) in [6.45, 7) is 0. The van der Waals surface area contributed by atoms with Gasteiger partial charge in [0.05, 0.1) is 19.9 Å². The highest BCUT2D eigenvalue weighted by atomic mass is 16.5. The lowest BCUT2D eigenvalue weighted by molar-refractivity contribution is 0.356. The van der Waals surface area contributed by atoms with E-state index in [1.54, 1.807) is 14.2 Å². The zero-order valence-corrected chi connectivity index (χ0v) is 13.7. The summed E-state index contributed by atoms with van der Waals surface area (Å²) in [6.07, 6.45) is 7.48. The second kappa shape index (κ2) is 5.96. The fraction of sp³-hybridized carbons (Fsp3) is 0.200. The molecule has 0 unspecified atom stereocenters. The lowest BCUT2D eigenvalue weighted by Gasteiger charge is -2.12. The van der Waals surface area contributed by atoms with Crippen molar-refractivity contribution in [3.05, 3.63) is 59.4 Å². The number of hydrogen-bond donors (Lipinski definition) is 0. The van der Waals surface area contributed by atoms with Crippen molar-refractivity contribution in [1.82, 2.24) is 4.98 Å². The number of benzene rings is 2. The van der Waals surface area contributed by atoms with E-state index in [1.807, 2.05) is 30.7 Å². The summed E-state index contributed by atoms with van der Waals surface area (Å²) in [5.41, 5.74) is 4.77. The van der Waals surface area contributed by atoms with Crippen molar-refractivity contribution in [2.24, 2.45) is 4.99 Å². The van der Waals surface area contributed by atoms with Crippen LogP contribution in [-0.4, -0.2) is 25.4 Å². The van der Waals surface area contributed by atoms with E-state index in [0.717, 1.165) is 46.4 Å². The normalized spacial score (nSPS) is 12.4. The van der Waals surface area contributed by atoms with E-state index in [-0.39, 0.29) is 0 Å². The zero-order valence-electron chi connectivity index (χ0n) is 13.7.